The second-order valence-corrected chi connectivity index (χ2v) is 6.06. The highest BCUT2D eigenvalue weighted by Crippen LogP contribution is 2.02. The highest BCUT2D eigenvalue weighted by molar-refractivity contribution is 7.91. The first-order valence-corrected chi connectivity index (χ1v) is 7.27. The normalized spacial score (nSPS) is 14.2. The van der Waals surface area contributed by atoms with Gasteiger partial charge in [-0.15, -0.1) is 0 Å². The van der Waals surface area contributed by atoms with E-state index < -0.39 is 9.84 Å². The summed E-state index contributed by atoms with van der Waals surface area (Å²) in [5.41, 5.74) is 0. The van der Waals surface area contributed by atoms with E-state index in [-0.39, 0.29) is 0 Å². The molecule has 0 spiro atoms. The Morgan fingerprint density at radius 1 is 1.21 bits per heavy atom. The summed E-state index contributed by atoms with van der Waals surface area (Å²) in [5.74, 6) is 0.680. The average molecular weight is 221 g/mol. The number of nitrogens with one attached hydrogen (secondary N) is 1. The van der Waals surface area contributed by atoms with Crippen LogP contribution < -0.4 is 5.32 Å². The molecule has 0 aliphatic carbocycles. The van der Waals surface area contributed by atoms with Crippen LogP contribution in [0.3, 0.4) is 0 Å². The lowest BCUT2D eigenvalue weighted by atomic mass is 10.2. The molecule has 0 aromatic heterocycles. The SMILES string of the molecule is CCCS(=O)(=O)CCCC(C)NCC. The standard InChI is InChI=1S/C10H23NO2S/c1-4-8-14(12,13)9-6-7-10(3)11-5-2/h10-11H,4-9H2,1-3H3. The molecule has 0 fully saturated rings. The molecule has 0 rings (SSSR count). The van der Waals surface area contributed by atoms with Crippen LogP contribution in [0.4, 0.5) is 0 Å². The number of hydrogen-bond donors (Lipinski definition) is 1. The van der Waals surface area contributed by atoms with Crippen LogP contribution >= 0.6 is 0 Å². The molecule has 0 amide bonds. The average Bonchev–Trinajstić information content (AvgIpc) is 2.03. The quantitative estimate of drug-likeness (QED) is 0.677. The predicted octanol–water partition coefficient (Wildman–Crippen LogP) is 1.59. The van der Waals surface area contributed by atoms with Gasteiger partial charge in [0, 0.05) is 11.8 Å². The first-order chi connectivity index (χ1) is 6.52. The zero-order valence-corrected chi connectivity index (χ0v) is 10.4. The lowest BCUT2D eigenvalue weighted by Crippen LogP contribution is -2.26. The van der Waals surface area contributed by atoms with E-state index in [0.29, 0.717) is 17.5 Å². The van der Waals surface area contributed by atoms with Crippen molar-refractivity contribution in [2.45, 2.75) is 46.1 Å². The Bertz CT molecular complexity index is 224. The molecular formula is C10H23NO2S. The lowest BCUT2D eigenvalue weighted by molar-refractivity contribution is 0.520. The summed E-state index contributed by atoms with van der Waals surface area (Å²) >= 11 is 0. The molecule has 14 heavy (non-hydrogen) atoms. The van der Waals surface area contributed by atoms with Gasteiger partial charge in [-0.1, -0.05) is 13.8 Å². The summed E-state index contributed by atoms with van der Waals surface area (Å²) in [6, 6.07) is 0.428. The molecule has 0 saturated heterocycles. The van der Waals surface area contributed by atoms with Crippen molar-refractivity contribution in [1.29, 1.82) is 0 Å². The molecular weight excluding hydrogens is 198 g/mol. The lowest BCUT2D eigenvalue weighted by Gasteiger charge is -2.11. The molecule has 1 atom stereocenters. The van der Waals surface area contributed by atoms with Gasteiger partial charge in [0.25, 0.3) is 0 Å². The van der Waals surface area contributed by atoms with Gasteiger partial charge in [0.15, 0.2) is 0 Å². The molecule has 0 heterocycles. The monoisotopic (exact) mass is 221 g/mol. The van der Waals surface area contributed by atoms with Gasteiger partial charge >= 0.3 is 0 Å². The molecule has 0 aromatic carbocycles. The minimum Gasteiger partial charge on any atom is -0.315 e. The zero-order valence-electron chi connectivity index (χ0n) is 9.54. The molecule has 0 radical (unpaired) electrons. The highest BCUT2D eigenvalue weighted by atomic mass is 32.2. The van der Waals surface area contributed by atoms with Crippen LogP contribution in [0.15, 0.2) is 0 Å². The fourth-order valence-electron chi connectivity index (χ4n) is 1.47. The van der Waals surface area contributed by atoms with Crippen LogP contribution in [-0.2, 0) is 9.84 Å². The van der Waals surface area contributed by atoms with E-state index in [4.69, 9.17) is 0 Å². The third-order valence-electron chi connectivity index (χ3n) is 2.16. The Morgan fingerprint density at radius 3 is 2.36 bits per heavy atom. The maximum Gasteiger partial charge on any atom is 0.150 e. The molecule has 0 aliphatic heterocycles. The third kappa shape index (κ3) is 7.33. The van der Waals surface area contributed by atoms with Crippen LogP contribution in [-0.4, -0.2) is 32.5 Å². The summed E-state index contributed by atoms with van der Waals surface area (Å²) in [6.45, 7) is 7.00. The minimum atomic E-state index is -2.77. The molecule has 0 saturated carbocycles. The van der Waals surface area contributed by atoms with E-state index >= 15 is 0 Å². The van der Waals surface area contributed by atoms with Crippen LogP contribution in [0.25, 0.3) is 0 Å². The Hall–Kier alpha value is -0.0900. The van der Waals surface area contributed by atoms with Crippen LogP contribution in [0, 0.1) is 0 Å². The van der Waals surface area contributed by atoms with Gasteiger partial charge < -0.3 is 5.32 Å². The van der Waals surface area contributed by atoms with Crippen LogP contribution in [0.1, 0.15) is 40.0 Å². The van der Waals surface area contributed by atoms with E-state index in [0.717, 1.165) is 25.8 Å². The largest absolute Gasteiger partial charge is 0.315 e. The second kappa shape index (κ2) is 7.23. The van der Waals surface area contributed by atoms with Crippen LogP contribution in [0.2, 0.25) is 0 Å². The smallest absolute Gasteiger partial charge is 0.150 e. The van der Waals surface area contributed by atoms with E-state index in [1.54, 1.807) is 0 Å². The Labute approximate surface area is 88.2 Å². The number of rotatable bonds is 8. The maximum absolute atomic E-state index is 11.3. The summed E-state index contributed by atoms with van der Waals surface area (Å²) in [6.07, 6.45) is 2.44. The molecule has 0 aliphatic rings. The fraction of sp³-hybridized carbons (Fsp3) is 1.00. The van der Waals surface area contributed by atoms with E-state index in [2.05, 4.69) is 19.2 Å². The van der Waals surface area contributed by atoms with Gasteiger partial charge in [-0.25, -0.2) is 8.42 Å². The molecule has 0 aromatic rings. The van der Waals surface area contributed by atoms with E-state index in [1.165, 1.54) is 0 Å². The van der Waals surface area contributed by atoms with Crippen molar-refractivity contribution in [3.63, 3.8) is 0 Å². The Kier molecular flexibility index (Phi) is 7.19. The van der Waals surface area contributed by atoms with Crippen molar-refractivity contribution in [3.8, 4) is 0 Å². The van der Waals surface area contributed by atoms with Crippen molar-refractivity contribution < 1.29 is 8.42 Å². The molecule has 3 nitrogen and oxygen atoms in total. The van der Waals surface area contributed by atoms with E-state index in [1.807, 2.05) is 6.92 Å². The second-order valence-electron chi connectivity index (χ2n) is 3.75. The van der Waals surface area contributed by atoms with Gasteiger partial charge in [0.1, 0.15) is 9.84 Å². The van der Waals surface area contributed by atoms with Crippen molar-refractivity contribution in [3.05, 3.63) is 0 Å². The first kappa shape index (κ1) is 13.9. The molecule has 4 heteroatoms. The Morgan fingerprint density at radius 2 is 1.86 bits per heavy atom. The van der Waals surface area contributed by atoms with Crippen molar-refractivity contribution >= 4 is 9.84 Å². The van der Waals surface area contributed by atoms with E-state index in [9.17, 15) is 8.42 Å². The summed E-state index contributed by atoms with van der Waals surface area (Å²) < 4.78 is 22.7. The third-order valence-corrected chi connectivity index (χ3v) is 4.10. The number of sulfone groups is 1. The Balaban J connectivity index is 3.63. The fourth-order valence-corrected chi connectivity index (χ4v) is 2.91. The molecule has 1 N–H and O–H groups in total. The summed E-state index contributed by atoms with van der Waals surface area (Å²) in [4.78, 5) is 0. The topological polar surface area (TPSA) is 46.2 Å². The summed E-state index contributed by atoms with van der Waals surface area (Å²) in [7, 11) is -2.77. The van der Waals surface area contributed by atoms with Crippen molar-refractivity contribution in [2.75, 3.05) is 18.1 Å². The summed E-state index contributed by atoms with van der Waals surface area (Å²) in [5, 5.41) is 3.27. The van der Waals surface area contributed by atoms with Gasteiger partial charge in [-0.05, 0) is 32.7 Å². The highest BCUT2D eigenvalue weighted by Gasteiger charge is 2.09. The van der Waals surface area contributed by atoms with Gasteiger partial charge in [-0.2, -0.15) is 0 Å². The first-order valence-electron chi connectivity index (χ1n) is 5.45. The molecule has 86 valence electrons. The predicted molar refractivity (Wildman–Crippen MR) is 61.3 cm³/mol. The number of hydrogen-bond acceptors (Lipinski definition) is 3. The molecule has 1 unspecified atom stereocenters. The van der Waals surface area contributed by atoms with Gasteiger partial charge in [0.2, 0.25) is 0 Å². The minimum absolute atomic E-state index is 0.336. The van der Waals surface area contributed by atoms with Crippen molar-refractivity contribution in [2.24, 2.45) is 0 Å². The van der Waals surface area contributed by atoms with Crippen LogP contribution in [0.5, 0.6) is 0 Å². The van der Waals surface area contributed by atoms with Gasteiger partial charge in [0.05, 0.1) is 5.75 Å². The van der Waals surface area contributed by atoms with Gasteiger partial charge in [-0.3, -0.25) is 0 Å². The molecule has 0 bridgehead atoms. The maximum atomic E-state index is 11.3. The zero-order chi connectivity index (χ0) is 11.0. The van der Waals surface area contributed by atoms with Crippen molar-refractivity contribution in [1.82, 2.24) is 5.32 Å².